The molecule has 0 aliphatic carbocycles. The average Bonchev–Trinajstić information content (AvgIpc) is 3.36. The van der Waals surface area contributed by atoms with Crippen molar-refractivity contribution >= 4 is 29.4 Å². The summed E-state index contributed by atoms with van der Waals surface area (Å²) in [7, 11) is 1.54. The molecule has 9 nitrogen and oxygen atoms in total. The summed E-state index contributed by atoms with van der Waals surface area (Å²) in [5, 5.41) is 4.66. The third kappa shape index (κ3) is 4.33. The van der Waals surface area contributed by atoms with Gasteiger partial charge in [0.2, 0.25) is 6.41 Å². The van der Waals surface area contributed by atoms with E-state index in [1.54, 1.807) is 30.5 Å². The molecule has 1 atom stereocenters. The van der Waals surface area contributed by atoms with Crippen molar-refractivity contribution in [2.75, 3.05) is 13.7 Å². The molecule has 2 heterocycles. The number of amides is 4. The Kier molecular flexibility index (Phi) is 5.53. The van der Waals surface area contributed by atoms with Crippen LogP contribution in [0.2, 0.25) is 0 Å². The van der Waals surface area contributed by atoms with Crippen molar-refractivity contribution in [1.82, 2.24) is 25.5 Å². The van der Waals surface area contributed by atoms with Gasteiger partial charge in [0.15, 0.2) is 0 Å². The summed E-state index contributed by atoms with van der Waals surface area (Å²) in [6.07, 6.45) is 1.89. The van der Waals surface area contributed by atoms with E-state index in [0.29, 0.717) is 17.9 Å². The smallest absolute Gasteiger partial charge is 0.322 e. The molecule has 9 heteroatoms. The van der Waals surface area contributed by atoms with Gasteiger partial charge in [-0.05, 0) is 35.9 Å². The number of nitrogens with one attached hydrogen (secondary N) is 3. The first-order chi connectivity index (χ1) is 15.1. The predicted octanol–water partition coefficient (Wildman–Crippen LogP) is 1.40. The van der Waals surface area contributed by atoms with Crippen LogP contribution in [-0.4, -0.2) is 52.9 Å². The molecule has 0 radical (unpaired) electrons. The molecular formula is C22H19N5O4. The zero-order valence-electron chi connectivity index (χ0n) is 16.6. The minimum Gasteiger partial charge on any atom is -0.497 e. The van der Waals surface area contributed by atoms with Gasteiger partial charge in [0, 0.05) is 17.7 Å². The topological polar surface area (TPSA) is 116 Å². The molecule has 31 heavy (non-hydrogen) atoms. The first-order valence-corrected chi connectivity index (χ1v) is 9.49. The fourth-order valence-corrected chi connectivity index (χ4v) is 3.40. The molecule has 0 fully saturated rings. The number of nitrogens with zero attached hydrogens (tertiary/aromatic N) is 2. The van der Waals surface area contributed by atoms with Gasteiger partial charge >= 0.3 is 6.03 Å². The number of benzene rings is 2. The fraction of sp³-hybridized carbons (Fsp3) is 0.182. The number of rotatable bonds is 5. The largest absolute Gasteiger partial charge is 0.497 e. The van der Waals surface area contributed by atoms with E-state index in [2.05, 4.69) is 27.1 Å². The lowest BCUT2D eigenvalue weighted by Crippen LogP contribution is -2.46. The maximum atomic E-state index is 12.8. The van der Waals surface area contributed by atoms with E-state index >= 15 is 0 Å². The lowest BCUT2D eigenvalue weighted by atomic mass is 10.1. The molecule has 1 aromatic heterocycles. The Labute approximate surface area is 177 Å². The number of aromatic amines is 1. The summed E-state index contributed by atoms with van der Waals surface area (Å²) < 4.78 is 5.20. The van der Waals surface area contributed by atoms with Crippen LogP contribution in [0.3, 0.4) is 0 Å². The molecule has 4 amide bonds. The number of aromatic nitrogens is 2. The lowest BCUT2D eigenvalue weighted by molar-refractivity contribution is -0.108. The second-order valence-electron chi connectivity index (χ2n) is 6.90. The zero-order valence-corrected chi connectivity index (χ0v) is 16.6. The van der Waals surface area contributed by atoms with Crippen LogP contribution in [0.5, 0.6) is 5.75 Å². The number of carbonyl (C=O) groups excluding carboxylic acids is 3. The molecular weight excluding hydrogens is 398 g/mol. The summed E-state index contributed by atoms with van der Waals surface area (Å²) in [5.74, 6) is 6.43. The SMILES string of the molecule is COc1ccc2c(c1)C(=O)N(C[C@@H](C#Cc1ccc3nc[nH]c3c1)NC(=O)NC=O)C2. The van der Waals surface area contributed by atoms with E-state index < -0.39 is 12.1 Å². The van der Waals surface area contributed by atoms with Gasteiger partial charge in [-0.15, -0.1) is 0 Å². The lowest BCUT2D eigenvalue weighted by Gasteiger charge is -2.21. The van der Waals surface area contributed by atoms with Crippen LogP contribution in [0.15, 0.2) is 42.7 Å². The molecule has 3 N–H and O–H groups in total. The molecule has 1 aliphatic heterocycles. The summed E-state index contributed by atoms with van der Waals surface area (Å²) in [6, 6.07) is 9.47. The molecule has 2 aromatic carbocycles. The summed E-state index contributed by atoms with van der Waals surface area (Å²) in [6.45, 7) is 0.550. The zero-order chi connectivity index (χ0) is 21.8. The van der Waals surface area contributed by atoms with Crippen molar-refractivity contribution in [2.45, 2.75) is 12.6 Å². The minimum absolute atomic E-state index is 0.154. The van der Waals surface area contributed by atoms with E-state index in [0.717, 1.165) is 22.2 Å². The second kappa shape index (κ2) is 8.59. The van der Waals surface area contributed by atoms with Crippen molar-refractivity contribution < 1.29 is 19.1 Å². The molecule has 0 unspecified atom stereocenters. The Morgan fingerprint density at radius 2 is 2.23 bits per heavy atom. The van der Waals surface area contributed by atoms with Gasteiger partial charge < -0.3 is 19.9 Å². The molecule has 0 saturated carbocycles. The average molecular weight is 417 g/mol. The number of hydrogen-bond donors (Lipinski definition) is 3. The van der Waals surface area contributed by atoms with Crippen molar-refractivity contribution in [3.05, 3.63) is 59.4 Å². The molecule has 0 saturated heterocycles. The quantitative estimate of drug-likeness (QED) is 0.429. The van der Waals surface area contributed by atoms with Crippen molar-refractivity contribution in [3.63, 3.8) is 0 Å². The van der Waals surface area contributed by atoms with Crippen LogP contribution in [0, 0.1) is 11.8 Å². The molecule has 0 bridgehead atoms. The van der Waals surface area contributed by atoms with Gasteiger partial charge in [-0.3, -0.25) is 14.9 Å². The monoisotopic (exact) mass is 417 g/mol. The molecule has 4 rings (SSSR count). The van der Waals surface area contributed by atoms with E-state index in [9.17, 15) is 14.4 Å². The summed E-state index contributed by atoms with van der Waals surface area (Å²) >= 11 is 0. The standard InChI is InChI=1S/C22H19N5O4/c1-31-17-6-4-15-10-27(21(29)18(15)9-17)11-16(26-22(30)25-13-28)5-2-14-3-7-19-20(8-14)24-12-23-19/h3-4,6-9,12-13,16H,10-11H2,1H3,(H,23,24)(H2,25,26,28,30)/t16-/m1/s1. The van der Waals surface area contributed by atoms with Gasteiger partial charge in [0.25, 0.3) is 5.91 Å². The first kappa shape index (κ1) is 20.0. The number of methoxy groups -OCH3 is 1. The number of imidazole rings is 1. The van der Waals surface area contributed by atoms with Gasteiger partial charge in [0.1, 0.15) is 11.8 Å². The molecule has 1 aliphatic rings. The van der Waals surface area contributed by atoms with Gasteiger partial charge in [-0.1, -0.05) is 17.9 Å². The Morgan fingerprint density at radius 3 is 3.03 bits per heavy atom. The number of imide groups is 1. The number of urea groups is 1. The van der Waals surface area contributed by atoms with Crippen LogP contribution in [0.4, 0.5) is 4.79 Å². The third-order valence-corrected chi connectivity index (χ3v) is 4.91. The Balaban J connectivity index is 1.55. The Morgan fingerprint density at radius 1 is 1.35 bits per heavy atom. The number of hydrogen-bond acceptors (Lipinski definition) is 5. The minimum atomic E-state index is -0.697. The van der Waals surface area contributed by atoms with Crippen molar-refractivity contribution in [2.24, 2.45) is 0 Å². The Bertz CT molecular complexity index is 1220. The molecule has 156 valence electrons. The van der Waals surface area contributed by atoms with Crippen molar-refractivity contribution in [3.8, 4) is 17.6 Å². The highest BCUT2D eigenvalue weighted by Gasteiger charge is 2.29. The highest BCUT2D eigenvalue weighted by molar-refractivity contribution is 5.98. The number of H-pyrrole nitrogens is 1. The number of carbonyl (C=O) groups is 3. The number of ether oxygens (including phenoxy) is 1. The van der Waals surface area contributed by atoms with Crippen LogP contribution in [-0.2, 0) is 11.3 Å². The maximum absolute atomic E-state index is 12.8. The van der Waals surface area contributed by atoms with Crippen LogP contribution in [0.1, 0.15) is 21.5 Å². The van der Waals surface area contributed by atoms with Crippen LogP contribution < -0.4 is 15.4 Å². The maximum Gasteiger partial charge on any atom is 0.322 e. The van der Waals surface area contributed by atoms with Crippen molar-refractivity contribution in [1.29, 1.82) is 0 Å². The van der Waals surface area contributed by atoms with E-state index in [1.807, 2.05) is 29.6 Å². The Hall–Kier alpha value is -4.32. The van der Waals surface area contributed by atoms with E-state index in [1.165, 1.54) is 0 Å². The normalized spacial score (nSPS) is 13.2. The van der Waals surface area contributed by atoms with E-state index in [4.69, 9.17) is 4.74 Å². The summed E-state index contributed by atoms with van der Waals surface area (Å²) in [4.78, 5) is 44.1. The highest BCUT2D eigenvalue weighted by atomic mass is 16.5. The second-order valence-corrected chi connectivity index (χ2v) is 6.90. The summed E-state index contributed by atoms with van der Waals surface area (Å²) in [5.41, 5.74) is 3.82. The highest BCUT2D eigenvalue weighted by Crippen LogP contribution is 2.26. The van der Waals surface area contributed by atoms with Crippen LogP contribution in [0.25, 0.3) is 11.0 Å². The molecule has 3 aromatic rings. The number of fused-ring (bicyclic) bond motifs is 2. The fourth-order valence-electron chi connectivity index (χ4n) is 3.40. The van der Waals surface area contributed by atoms with Gasteiger partial charge in [0.05, 0.1) is 31.0 Å². The van der Waals surface area contributed by atoms with Gasteiger partial charge in [-0.2, -0.15) is 0 Å². The van der Waals surface area contributed by atoms with E-state index in [-0.39, 0.29) is 18.9 Å². The first-order valence-electron chi connectivity index (χ1n) is 9.49. The van der Waals surface area contributed by atoms with Crippen LogP contribution >= 0.6 is 0 Å². The van der Waals surface area contributed by atoms with Gasteiger partial charge in [-0.25, -0.2) is 9.78 Å². The third-order valence-electron chi connectivity index (χ3n) is 4.91. The molecule has 0 spiro atoms. The predicted molar refractivity (Wildman–Crippen MR) is 112 cm³/mol.